The first-order valence-electron chi connectivity index (χ1n) is 11.5. The lowest BCUT2D eigenvalue weighted by atomic mass is 10.2. The Morgan fingerprint density at radius 1 is 0.972 bits per heavy atom. The molecule has 2 amide bonds. The van der Waals surface area contributed by atoms with Gasteiger partial charge in [0.05, 0.1) is 18.9 Å². The first kappa shape index (κ1) is 25.0. The van der Waals surface area contributed by atoms with Crippen LogP contribution >= 0.6 is 11.8 Å². The van der Waals surface area contributed by atoms with Crippen molar-refractivity contribution in [1.29, 1.82) is 0 Å². The van der Waals surface area contributed by atoms with Crippen molar-refractivity contribution in [2.24, 2.45) is 0 Å². The summed E-state index contributed by atoms with van der Waals surface area (Å²) in [5.41, 5.74) is 3.18. The highest BCUT2D eigenvalue weighted by atomic mass is 32.2. The first-order valence-corrected chi connectivity index (χ1v) is 12.5. The average molecular weight is 502 g/mol. The standard InChI is InChI=1S/C27H27N5O3S/c1-3-35-23-14-12-22(13-15-23)32-24(17-28-26(34)20-9-5-4-6-10-20)30-31-27(32)36-18-25(33)29-21-11-7-8-19(2)16-21/h4-16H,3,17-18H2,1-2H3,(H,28,34)(H,29,33). The van der Waals surface area contributed by atoms with Crippen molar-refractivity contribution in [3.05, 3.63) is 95.8 Å². The van der Waals surface area contributed by atoms with E-state index >= 15 is 0 Å². The Hall–Kier alpha value is -4.11. The van der Waals surface area contributed by atoms with Gasteiger partial charge in [-0.15, -0.1) is 10.2 Å². The minimum atomic E-state index is -0.205. The molecule has 0 unspecified atom stereocenters. The van der Waals surface area contributed by atoms with Gasteiger partial charge in [-0.25, -0.2) is 0 Å². The fourth-order valence-electron chi connectivity index (χ4n) is 3.53. The van der Waals surface area contributed by atoms with E-state index in [2.05, 4.69) is 20.8 Å². The van der Waals surface area contributed by atoms with Crippen molar-refractivity contribution >= 4 is 29.3 Å². The minimum Gasteiger partial charge on any atom is -0.494 e. The van der Waals surface area contributed by atoms with Crippen LogP contribution in [0, 0.1) is 6.92 Å². The number of aromatic nitrogens is 3. The van der Waals surface area contributed by atoms with Crippen LogP contribution in [0.3, 0.4) is 0 Å². The van der Waals surface area contributed by atoms with Gasteiger partial charge in [0.2, 0.25) is 5.91 Å². The Bertz CT molecular complexity index is 1320. The predicted molar refractivity (Wildman–Crippen MR) is 141 cm³/mol. The molecule has 0 aliphatic rings. The molecule has 1 aromatic heterocycles. The second-order valence-corrected chi connectivity index (χ2v) is 8.86. The Morgan fingerprint density at radius 2 is 1.75 bits per heavy atom. The number of rotatable bonds is 10. The van der Waals surface area contributed by atoms with Crippen molar-refractivity contribution in [2.75, 3.05) is 17.7 Å². The maximum Gasteiger partial charge on any atom is 0.251 e. The van der Waals surface area contributed by atoms with Crippen LogP contribution in [0.5, 0.6) is 5.75 Å². The van der Waals surface area contributed by atoms with E-state index in [0.717, 1.165) is 22.7 Å². The minimum absolute atomic E-state index is 0.147. The van der Waals surface area contributed by atoms with Gasteiger partial charge in [0, 0.05) is 16.9 Å². The van der Waals surface area contributed by atoms with Gasteiger partial charge in [-0.1, -0.05) is 42.1 Å². The number of thioether (sulfide) groups is 1. The van der Waals surface area contributed by atoms with Crippen LogP contribution in [-0.4, -0.2) is 38.9 Å². The lowest BCUT2D eigenvalue weighted by molar-refractivity contribution is -0.113. The highest BCUT2D eigenvalue weighted by molar-refractivity contribution is 7.99. The largest absolute Gasteiger partial charge is 0.494 e. The number of aryl methyl sites for hydroxylation is 1. The van der Waals surface area contributed by atoms with Gasteiger partial charge in [0.1, 0.15) is 5.75 Å². The highest BCUT2D eigenvalue weighted by Gasteiger charge is 2.17. The molecular weight excluding hydrogens is 474 g/mol. The zero-order chi connectivity index (χ0) is 25.3. The van der Waals surface area contributed by atoms with E-state index in [4.69, 9.17) is 4.74 Å². The zero-order valence-electron chi connectivity index (χ0n) is 20.1. The second-order valence-electron chi connectivity index (χ2n) is 7.92. The number of anilines is 1. The molecule has 8 nitrogen and oxygen atoms in total. The van der Waals surface area contributed by atoms with Crippen LogP contribution < -0.4 is 15.4 Å². The van der Waals surface area contributed by atoms with Gasteiger partial charge < -0.3 is 15.4 Å². The molecule has 0 radical (unpaired) electrons. The number of ether oxygens (including phenoxy) is 1. The lowest BCUT2D eigenvalue weighted by Crippen LogP contribution is -2.24. The van der Waals surface area contributed by atoms with E-state index in [-0.39, 0.29) is 24.1 Å². The monoisotopic (exact) mass is 501 g/mol. The van der Waals surface area contributed by atoms with Crippen LogP contribution in [0.2, 0.25) is 0 Å². The molecule has 4 aromatic rings. The molecule has 0 fully saturated rings. The summed E-state index contributed by atoms with van der Waals surface area (Å²) in [5, 5.41) is 15.0. The molecule has 4 rings (SSSR count). The van der Waals surface area contributed by atoms with Crippen molar-refractivity contribution in [3.8, 4) is 11.4 Å². The third kappa shape index (κ3) is 6.51. The van der Waals surface area contributed by atoms with Gasteiger partial charge in [-0.2, -0.15) is 0 Å². The van der Waals surface area contributed by atoms with Crippen molar-refractivity contribution < 1.29 is 14.3 Å². The van der Waals surface area contributed by atoms with E-state index in [0.29, 0.717) is 23.2 Å². The van der Waals surface area contributed by atoms with Gasteiger partial charge >= 0.3 is 0 Å². The normalized spacial score (nSPS) is 10.6. The summed E-state index contributed by atoms with van der Waals surface area (Å²) in [4.78, 5) is 25.1. The van der Waals surface area contributed by atoms with E-state index in [1.54, 1.807) is 12.1 Å². The number of hydrogen-bond donors (Lipinski definition) is 2. The predicted octanol–water partition coefficient (Wildman–Crippen LogP) is 4.64. The summed E-state index contributed by atoms with van der Waals surface area (Å²) >= 11 is 1.27. The average Bonchev–Trinajstić information content (AvgIpc) is 3.30. The summed E-state index contributed by atoms with van der Waals surface area (Å²) in [5.74, 6) is 1.10. The number of carbonyl (C=O) groups excluding carboxylic acids is 2. The maximum absolute atomic E-state index is 12.6. The van der Waals surface area contributed by atoms with Crippen LogP contribution in [0.25, 0.3) is 5.69 Å². The molecule has 0 bridgehead atoms. The molecule has 0 saturated carbocycles. The van der Waals surface area contributed by atoms with E-state index in [1.807, 2.05) is 85.1 Å². The lowest BCUT2D eigenvalue weighted by Gasteiger charge is -2.12. The Balaban J connectivity index is 1.51. The van der Waals surface area contributed by atoms with Gasteiger partial charge in [0.15, 0.2) is 11.0 Å². The first-order chi connectivity index (χ1) is 17.5. The number of nitrogens with zero attached hydrogens (tertiary/aromatic N) is 3. The second kappa shape index (κ2) is 12.0. The third-order valence-corrected chi connectivity index (χ3v) is 6.11. The number of carbonyl (C=O) groups is 2. The molecule has 0 aliphatic carbocycles. The maximum atomic E-state index is 12.6. The van der Waals surface area contributed by atoms with Crippen molar-refractivity contribution in [3.63, 3.8) is 0 Å². The van der Waals surface area contributed by atoms with Gasteiger partial charge in [0.25, 0.3) is 5.91 Å². The Labute approximate surface area is 214 Å². The fourth-order valence-corrected chi connectivity index (χ4v) is 4.30. The van der Waals surface area contributed by atoms with Crippen molar-refractivity contribution in [1.82, 2.24) is 20.1 Å². The van der Waals surface area contributed by atoms with Crippen LogP contribution in [0.1, 0.15) is 28.7 Å². The molecule has 2 N–H and O–H groups in total. The van der Waals surface area contributed by atoms with Gasteiger partial charge in [-0.05, 0) is 67.9 Å². The number of benzene rings is 3. The molecule has 3 aromatic carbocycles. The van der Waals surface area contributed by atoms with Crippen LogP contribution in [-0.2, 0) is 11.3 Å². The molecular formula is C27H27N5O3S. The van der Waals surface area contributed by atoms with E-state index < -0.39 is 0 Å². The molecule has 0 aliphatic heterocycles. The molecule has 184 valence electrons. The molecule has 0 spiro atoms. The molecule has 0 saturated heterocycles. The van der Waals surface area contributed by atoms with E-state index in [9.17, 15) is 9.59 Å². The highest BCUT2D eigenvalue weighted by Crippen LogP contribution is 2.24. The summed E-state index contributed by atoms with van der Waals surface area (Å²) in [6, 6.07) is 24.2. The molecule has 36 heavy (non-hydrogen) atoms. The molecule has 1 heterocycles. The SMILES string of the molecule is CCOc1ccc(-n2c(CNC(=O)c3ccccc3)nnc2SCC(=O)Nc2cccc(C)c2)cc1. The summed E-state index contributed by atoms with van der Waals surface area (Å²) in [7, 11) is 0. The topological polar surface area (TPSA) is 98.1 Å². The number of amides is 2. The smallest absolute Gasteiger partial charge is 0.251 e. The fraction of sp³-hybridized carbons (Fsp3) is 0.185. The van der Waals surface area contributed by atoms with Crippen LogP contribution in [0.15, 0.2) is 84.0 Å². The third-order valence-electron chi connectivity index (χ3n) is 5.18. The zero-order valence-corrected chi connectivity index (χ0v) is 20.9. The van der Waals surface area contributed by atoms with Crippen molar-refractivity contribution in [2.45, 2.75) is 25.5 Å². The summed E-state index contributed by atoms with van der Waals surface area (Å²) in [6.07, 6.45) is 0. The molecule has 0 atom stereocenters. The Kier molecular flexibility index (Phi) is 8.36. The van der Waals surface area contributed by atoms with Crippen LogP contribution in [0.4, 0.5) is 5.69 Å². The number of nitrogens with one attached hydrogen (secondary N) is 2. The van der Waals surface area contributed by atoms with E-state index in [1.165, 1.54) is 11.8 Å². The van der Waals surface area contributed by atoms with Gasteiger partial charge in [-0.3, -0.25) is 14.2 Å². The molecule has 9 heteroatoms. The summed E-state index contributed by atoms with van der Waals surface area (Å²) < 4.78 is 7.39. The summed E-state index contributed by atoms with van der Waals surface area (Å²) in [6.45, 7) is 4.64. The Morgan fingerprint density at radius 3 is 2.47 bits per heavy atom. The number of hydrogen-bond acceptors (Lipinski definition) is 6. The quantitative estimate of drug-likeness (QED) is 0.307.